The summed E-state index contributed by atoms with van der Waals surface area (Å²) in [5.74, 6) is -2.20. The zero-order valence-electron chi connectivity index (χ0n) is 5.25. The lowest BCUT2D eigenvalue weighted by Gasteiger charge is -1.94. The lowest BCUT2D eigenvalue weighted by molar-refractivity contribution is 0.0673. The number of aromatic carboxylic acids is 1. The number of alkyl halides is 2. The third kappa shape index (κ3) is 1.36. The molecule has 3 nitrogen and oxygen atoms in total. The van der Waals surface area contributed by atoms with Crippen molar-refractivity contribution in [3.05, 3.63) is 23.7 Å². The fourth-order valence-corrected chi connectivity index (χ4v) is 0.667. The van der Waals surface area contributed by atoms with E-state index < -0.39 is 23.7 Å². The molecule has 0 saturated carbocycles. The highest BCUT2D eigenvalue weighted by Crippen LogP contribution is 2.23. The van der Waals surface area contributed by atoms with Gasteiger partial charge in [-0.15, -0.1) is 0 Å². The molecule has 0 saturated heterocycles. The molecule has 0 atom stereocenters. The first-order chi connectivity index (χ1) is 5.13. The maximum Gasteiger partial charge on any atom is 0.339 e. The van der Waals surface area contributed by atoms with Crippen LogP contribution in [0.4, 0.5) is 8.78 Å². The van der Waals surface area contributed by atoms with Crippen LogP contribution in [0.1, 0.15) is 22.5 Å². The van der Waals surface area contributed by atoms with Crippen molar-refractivity contribution >= 4 is 5.97 Å². The van der Waals surface area contributed by atoms with E-state index in [1.54, 1.807) is 0 Å². The molecule has 1 aromatic heterocycles. The number of carbonyl (C=O) groups is 1. The van der Waals surface area contributed by atoms with Crippen LogP contribution in [0.2, 0.25) is 0 Å². The minimum Gasteiger partial charge on any atom is -0.478 e. The summed E-state index contributed by atoms with van der Waals surface area (Å²) in [6.45, 7) is 0. The molecule has 1 heterocycles. The maximum absolute atomic E-state index is 11.9. The molecule has 1 rings (SSSR count). The summed E-state index contributed by atoms with van der Waals surface area (Å²) in [7, 11) is 0. The van der Waals surface area contributed by atoms with Gasteiger partial charge < -0.3 is 9.52 Å². The Morgan fingerprint density at radius 2 is 2.27 bits per heavy atom. The van der Waals surface area contributed by atoms with E-state index in [0.29, 0.717) is 0 Å². The SMILES string of the molecule is O=C(O)c1ccoc1C(F)F. The van der Waals surface area contributed by atoms with Crippen molar-refractivity contribution in [3.63, 3.8) is 0 Å². The number of hydrogen-bond donors (Lipinski definition) is 1. The first-order valence-corrected chi connectivity index (χ1v) is 2.71. The van der Waals surface area contributed by atoms with Crippen molar-refractivity contribution in [1.82, 2.24) is 0 Å². The fourth-order valence-electron chi connectivity index (χ4n) is 0.667. The number of furan rings is 1. The van der Waals surface area contributed by atoms with E-state index in [0.717, 1.165) is 12.3 Å². The second-order valence-electron chi connectivity index (χ2n) is 1.80. The summed E-state index contributed by atoms with van der Waals surface area (Å²) in [5, 5.41) is 8.31. The van der Waals surface area contributed by atoms with Gasteiger partial charge in [0.1, 0.15) is 5.56 Å². The lowest BCUT2D eigenvalue weighted by atomic mass is 10.2. The molecule has 0 aromatic carbocycles. The molecular weight excluding hydrogens is 158 g/mol. The zero-order valence-corrected chi connectivity index (χ0v) is 5.25. The Kier molecular flexibility index (Phi) is 1.89. The number of carboxylic acid groups (broad SMARTS) is 1. The first-order valence-electron chi connectivity index (χ1n) is 2.71. The third-order valence-electron chi connectivity index (χ3n) is 1.12. The molecule has 60 valence electrons. The van der Waals surface area contributed by atoms with Gasteiger partial charge in [-0.1, -0.05) is 0 Å². The Bertz CT molecular complexity index is 267. The van der Waals surface area contributed by atoms with E-state index in [1.807, 2.05) is 0 Å². The van der Waals surface area contributed by atoms with Crippen LogP contribution in [0, 0.1) is 0 Å². The minimum absolute atomic E-state index is 0.486. The van der Waals surface area contributed by atoms with Crippen molar-refractivity contribution in [1.29, 1.82) is 0 Å². The second-order valence-corrected chi connectivity index (χ2v) is 1.80. The van der Waals surface area contributed by atoms with Gasteiger partial charge >= 0.3 is 5.97 Å². The molecule has 0 aliphatic carbocycles. The van der Waals surface area contributed by atoms with E-state index in [-0.39, 0.29) is 0 Å². The summed E-state index contributed by atoms with van der Waals surface area (Å²) in [4.78, 5) is 10.2. The van der Waals surface area contributed by atoms with Crippen LogP contribution in [0.25, 0.3) is 0 Å². The van der Waals surface area contributed by atoms with E-state index in [9.17, 15) is 13.6 Å². The number of carboxylic acids is 1. The van der Waals surface area contributed by atoms with Crippen LogP contribution in [0.5, 0.6) is 0 Å². The lowest BCUT2D eigenvalue weighted by Crippen LogP contribution is -1.98. The maximum atomic E-state index is 11.9. The second kappa shape index (κ2) is 2.69. The van der Waals surface area contributed by atoms with Crippen LogP contribution in [0.3, 0.4) is 0 Å². The molecule has 5 heteroatoms. The average molecular weight is 162 g/mol. The van der Waals surface area contributed by atoms with Crippen LogP contribution in [0.15, 0.2) is 16.7 Å². The quantitative estimate of drug-likeness (QED) is 0.722. The molecule has 0 unspecified atom stereocenters. The molecule has 0 bridgehead atoms. The zero-order chi connectivity index (χ0) is 8.43. The van der Waals surface area contributed by atoms with Gasteiger partial charge in [0.25, 0.3) is 6.43 Å². The number of rotatable bonds is 2. The molecule has 0 amide bonds. The number of halogens is 2. The van der Waals surface area contributed by atoms with E-state index in [1.165, 1.54) is 0 Å². The molecule has 1 N–H and O–H groups in total. The molecular formula is C6H4F2O3. The van der Waals surface area contributed by atoms with E-state index >= 15 is 0 Å². The van der Waals surface area contributed by atoms with E-state index in [2.05, 4.69) is 4.42 Å². The van der Waals surface area contributed by atoms with Crippen LogP contribution >= 0.6 is 0 Å². The van der Waals surface area contributed by atoms with Gasteiger partial charge in [0.05, 0.1) is 6.26 Å². The van der Waals surface area contributed by atoms with Crippen molar-refractivity contribution in [2.45, 2.75) is 6.43 Å². The largest absolute Gasteiger partial charge is 0.478 e. The summed E-state index contributed by atoms with van der Waals surface area (Å²) in [5.41, 5.74) is -0.486. The van der Waals surface area contributed by atoms with Crippen molar-refractivity contribution in [3.8, 4) is 0 Å². The summed E-state index contributed by atoms with van der Waals surface area (Å²) < 4.78 is 28.0. The molecule has 0 aliphatic heterocycles. The predicted octanol–water partition coefficient (Wildman–Crippen LogP) is 1.92. The molecule has 11 heavy (non-hydrogen) atoms. The molecule has 0 spiro atoms. The highest BCUT2D eigenvalue weighted by molar-refractivity contribution is 5.88. The Labute approximate surface area is 60.2 Å². The molecule has 0 aliphatic rings. The predicted molar refractivity (Wildman–Crippen MR) is 30.6 cm³/mol. The van der Waals surface area contributed by atoms with E-state index in [4.69, 9.17) is 5.11 Å². The highest BCUT2D eigenvalue weighted by Gasteiger charge is 2.20. The van der Waals surface area contributed by atoms with Gasteiger partial charge in [0.15, 0.2) is 5.76 Å². The smallest absolute Gasteiger partial charge is 0.339 e. The van der Waals surface area contributed by atoms with Gasteiger partial charge in [-0.3, -0.25) is 0 Å². The average Bonchev–Trinajstić information content (AvgIpc) is 2.32. The van der Waals surface area contributed by atoms with Gasteiger partial charge in [-0.2, -0.15) is 0 Å². The fraction of sp³-hybridized carbons (Fsp3) is 0.167. The summed E-state index contributed by atoms with van der Waals surface area (Å²) in [6, 6.07) is 0.990. The highest BCUT2D eigenvalue weighted by atomic mass is 19.3. The molecule has 1 aromatic rings. The van der Waals surface area contributed by atoms with Crippen molar-refractivity contribution in [2.75, 3.05) is 0 Å². The van der Waals surface area contributed by atoms with Gasteiger partial charge in [0, 0.05) is 0 Å². The third-order valence-corrected chi connectivity index (χ3v) is 1.12. The Hall–Kier alpha value is -1.39. The van der Waals surface area contributed by atoms with Crippen LogP contribution in [-0.4, -0.2) is 11.1 Å². The standard InChI is InChI=1S/C6H4F2O3/c7-5(8)4-3(6(9)10)1-2-11-4/h1-2,5H,(H,9,10). The molecule has 0 radical (unpaired) electrons. The number of hydrogen-bond acceptors (Lipinski definition) is 2. The normalized spacial score (nSPS) is 10.5. The summed E-state index contributed by atoms with van der Waals surface area (Å²) >= 11 is 0. The van der Waals surface area contributed by atoms with Crippen molar-refractivity contribution in [2.24, 2.45) is 0 Å². The Morgan fingerprint density at radius 3 is 2.64 bits per heavy atom. The van der Waals surface area contributed by atoms with Gasteiger partial charge in [0.2, 0.25) is 0 Å². The van der Waals surface area contributed by atoms with Crippen LogP contribution < -0.4 is 0 Å². The van der Waals surface area contributed by atoms with Gasteiger partial charge in [-0.25, -0.2) is 13.6 Å². The van der Waals surface area contributed by atoms with Crippen LogP contribution in [-0.2, 0) is 0 Å². The van der Waals surface area contributed by atoms with Crippen molar-refractivity contribution < 1.29 is 23.1 Å². The molecule has 0 fully saturated rings. The van der Waals surface area contributed by atoms with Gasteiger partial charge in [-0.05, 0) is 6.07 Å². The minimum atomic E-state index is -2.88. The first kappa shape index (κ1) is 7.71. The Morgan fingerprint density at radius 1 is 1.64 bits per heavy atom. The Balaban J connectivity index is 3.06. The monoisotopic (exact) mass is 162 g/mol. The topological polar surface area (TPSA) is 50.4 Å². The summed E-state index contributed by atoms with van der Waals surface area (Å²) in [6.07, 6.45) is -1.96.